The third-order valence-electron chi connectivity index (χ3n) is 10.7. The summed E-state index contributed by atoms with van der Waals surface area (Å²) in [6.07, 6.45) is 0. The Bertz CT molecular complexity index is 2540. The lowest BCUT2D eigenvalue weighted by molar-refractivity contribution is 0.472. The van der Waals surface area contributed by atoms with Gasteiger partial charge in [-0.2, -0.15) is 0 Å². The predicted molar refractivity (Wildman–Crippen MR) is 220 cm³/mol. The summed E-state index contributed by atoms with van der Waals surface area (Å²) in [7, 11) is 0. The van der Waals surface area contributed by atoms with Gasteiger partial charge in [-0.3, -0.25) is 0 Å². The first-order valence-corrected chi connectivity index (χ1v) is 18.2. The van der Waals surface area contributed by atoms with E-state index in [-0.39, 0.29) is 0 Å². The van der Waals surface area contributed by atoms with Gasteiger partial charge in [0.05, 0.1) is 22.7 Å². The van der Waals surface area contributed by atoms with Gasteiger partial charge >= 0.3 is 0 Å². The first-order valence-electron chi connectivity index (χ1n) is 18.2. The van der Waals surface area contributed by atoms with E-state index in [1.807, 2.05) is 0 Å². The van der Waals surface area contributed by atoms with Crippen LogP contribution in [0.3, 0.4) is 0 Å². The maximum atomic E-state index is 7.00. The molecule has 2 heterocycles. The number of para-hydroxylation sites is 4. The Kier molecular flexibility index (Phi) is 7.12. The van der Waals surface area contributed by atoms with Crippen molar-refractivity contribution in [1.82, 2.24) is 0 Å². The van der Waals surface area contributed by atoms with E-state index < -0.39 is 5.41 Å². The van der Waals surface area contributed by atoms with Crippen LogP contribution in [0.5, 0.6) is 11.5 Å². The Morgan fingerprint density at radius 1 is 0.415 bits per heavy atom. The maximum absolute atomic E-state index is 7.00. The second kappa shape index (κ2) is 12.2. The highest BCUT2D eigenvalue weighted by molar-refractivity contribution is 6.06. The molecular formula is C49H37N3O. The molecule has 0 unspecified atom stereocenters. The molecule has 2 aliphatic heterocycles. The van der Waals surface area contributed by atoms with Crippen molar-refractivity contribution in [1.29, 1.82) is 0 Å². The van der Waals surface area contributed by atoms with E-state index >= 15 is 0 Å². The van der Waals surface area contributed by atoms with E-state index in [9.17, 15) is 0 Å². The molecule has 10 rings (SSSR count). The van der Waals surface area contributed by atoms with Crippen molar-refractivity contribution in [2.75, 3.05) is 14.7 Å². The molecule has 0 N–H and O–H groups in total. The SMILES string of the molecule is CC1(C)c2cc(N(c3ccccc3)c3ccccc3)ccc2N2c3c(cc(N(c4ccccc4)c4ccccc4)cc31)Oc1ccc3ccccc3c12. The van der Waals surface area contributed by atoms with Crippen LogP contribution in [-0.4, -0.2) is 0 Å². The molecular weight excluding hydrogens is 647 g/mol. The van der Waals surface area contributed by atoms with Crippen molar-refractivity contribution in [3.8, 4) is 11.5 Å². The second-order valence-electron chi connectivity index (χ2n) is 14.3. The monoisotopic (exact) mass is 683 g/mol. The van der Waals surface area contributed by atoms with Crippen LogP contribution in [0.4, 0.5) is 51.2 Å². The fraction of sp³-hybridized carbons (Fsp3) is 0.0612. The molecule has 0 aromatic heterocycles. The minimum atomic E-state index is -0.397. The minimum Gasteiger partial charge on any atom is -0.453 e. The van der Waals surface area contributed by atoms with Gasteiger partial charge in [0, 0.05) is 45.3 Å². The molecule has 0 amide bonds. The lowest BCUT2D eigenvalue weighted by atomic mass is 9.72. The molecule has 0 saturated heterocycles. The zero-order valence-corrected chi connectivity index (χ0v) is 29.6. The number of ether oxygens (including phenoxy) is 1. The molecule has 0 fully saturated rings. The summed E-state index contributed by atoms with van der Waals surface area (Å²) in [5.74, 6) is 1.69. The average molecular weight is 684 g/mol. The van der Waals surface area contributed by atoms with Crippen molar-refractivity contribution >= 4 is 62.0 Å². The highest BCUT2D eigenvalue weighted by Gasteiger charge is 2.43. The molecule has 0 bridgehead atoms. The highest BCUT2D eigenvalue weighted by atomic mass is 16.5. The molecule has 2 aliphatic rings. The summed E-state index contributed by atoms with van der Waals surface area (Å²) < 4.78 is 7.00. The third kappa shape index (κ3) is 4.98. The molecule has 0 spiro atoms. The molecule has 4 heteroatoms. The van der Waals surface area contributed by atoms with Crippen molar-refractivity contribution in [3.63, 3.8) is 0 Å². The number of nitrogens with zero attached hydrogens (tertiary/aromatic N) is 3. The molecule has 0 atom stereocenters. The van der Waals surface area contributed by atoms with Crippen LogP contribution in [-0.2, 0) is 5.41 Å². The van der Waals surface area contributed by atoms with Gasteiger partial charge in [-0.05, 0) is 95.4 Å². The van der Waals surface area contributed by atoms with Crippen LogP contribution >= 0.6 is 0 Å². The Morgan fingerprint density at radius 2 is 0.925 bits per heavy atom. The van der Waals surface area contributed by atoms with Gasteiger partial charge in [0.15, 0.2) is 11.5 Å². The number of anilines is 9. The zero-order chi connectivity index (χ0) is 35.5. The summed E-state index contributed by atoms with van der Waals surface area (Å²) in [6.45, 7) is 4.71. The Labute approximate surface area is 310 Å². The van der Waals surface area contributed by atoms with Crippen LogP contribution in [0, 0.1) is 0 Å². The second-order valence-corrected chi connectivity index (χ2v) is 14.3. The Balaban J connectivity index is 1.25. The molecule has 4 nitrogen and oxygen atoms in total. The molecule has 0 aliphatic carbocycles. The van der Waals surface area contributed by atoms with E-state index in [0.29, 0.717) is 0 Å². The largest absolute Gasteiger partial charge is 0.453 e. The summed E-state index contributed by atoms with van der Waals surface area (Å²) in [5, 5.41) is 2.34. The van der Waals surface area contributed by atoms with E-state index in [4.69, 9.17) is 4.74 Å². The van der Waals surface area contributed by atoms with E-state index in [1.165, 1.54) is 16.5 Å². The third-order valence-corrected chi connectivity index (χ3v) is 10.7. The van der Waals surface area contributed by atoms with Crippen LogP contribution in [0.1, 0.15) is 25.0 Å². The van der Waals surface area contributed by atoms with Crippen molar-refractivity contribution in [2.24, 2.45) is 0 Å². The van der Waals surface area contributed by atoms with Gasteiger partial charge in [0.25, 0.3) is 0 Å². The molecule has 0 radical (unpaired) electrons. The van der Waals surface area contributed by atoms with Crippen LogP contribution in [0.15, 0.2) is 188 Å². The summed E-state index contributed by atoms with van der Waals surface area (Å²) in [6, 6.07) is 67.0. The standard InChI is InChI=1S/C49H37N3O/c1-49(2)42-31-39(50(35-18-7-3-8-19-35)36-20-9-4-10-21-36)28-29-44(42)52-47-41-26-16-15-17-34(41)27-30-45(47)53-46-33-40(32-43(49)48(46)52)51(37-22-11-5-12-23-37)38-24-13-6-14-25-38/h3-33H,1-2H3. The fourth-order valence-electron chi connectivity index (χ4n) is 8.23. The van der Waals surface area contributed by atoms with Crippen LogP contribution in [0.2, 0.25) is 0 Å². The van der Waals surface area contributed by atoms with E-state index in [2.05, 4.69) is 217 Å². The van der Waals surface area contributed by atoms with Gasteiger partial charge < -0.3 is 19.4 Å². The Morgan fingerprint density at radius 3 is 1.51 bits per heavy atom. The first kappa shape index (κ1) is 31.0. The molecule has 8 aromatic rings. The normalized spacial score (nSPS) is 13.4. The fourth-order valence-corrected chi connectivity index (χ4v) is 8.23. The van der Waals surface area contributed by atoms with Crippen LogP contribution in [0.25, 0.3) is 10.8 Å². The lowest BCUT2D eigenvalue weighted by Gasteiger charge is -2.46. The molecule has 8 aromatic carbocycles. The van der Waals surface area contributed by atoms with Crippen LogP contribution < -0.4 is 19.4 Å². The maximum Gasteiger partial charge on any atom is 0.153 e. The summed E-state index contributed by atoms with van der Waals surface area (Å²) in [4.78, 5) is 7.14. The topological polar surface area (TPSA) is 19.0 Å². The number of hydrogen-bond acceptors (Lipinski definition) is 4. The van der Waals surface area contributed by atoms with E-state index in [1.54, 1.807) is 0 Å². The first-order chi connectivity index (χ1) is 26.1. The predicted octanol–water partition coefficient (Wildman–Crippen LogP) is 14.0. The number of rotatable bonds is 6. The molecule has 53 heavy (non-hydrogen) atoms. The summed E-state index contributed by atoms with van der Waals surface area (Å²) in [5.41, 5.74) is 11.9. The zero-order valence-electron chi connectivity index (χ0n) is 29.6. The minimum absolute atomic E-state index is 0.397. The quantitative estimate of drug-likeness (QED) is 0.174. The van der Waals surface area contributed by atoms with Crippen molar-refractivity contribution < 1.29 is 4.74 Å². The molecule has 254 valence electrons. The summed E-state index contributed by atoms with van der Waals surface area (Å²) >= 11 is 0. The Hall–Kier alpha value is -6.78. The van der Waals surface area contributed by atoms with Gasteiger partial charge in [-0.25, -0.2) is 0 Å². The average Bonchev–Trinajstić information content (AvgIpc) is 3.21. The number of hydrogen-bond donors (Lipinski definition) is 0. The van der Waals surface area contributed by atoms with Gasteiger partial charge in [0.1, 0.15) is 0 Å². The highest BCUT2D eigenvalue weighted by Crippen LogP contribution is 2.63. The lowest BCUT2D eigenvalue weighted by Crippen LogP contribution is -2.33. The number of fused-ring (bicyclic) bond motifs is 6. The number of benzene rings is 8. The van der Waals surface area contributed by atoms with Gasteiger partial charge in [0.2, 0.25) is 0 Å². The van der Waals surface area contributed by atoms with Crippen molar-refractivity contribution in [2.45, 2.75) is 19.3 Å². The molecule has 0 saturated carbocycles. The van der Waals surface area contributed by atoms with Gasteiger partial charge in [-0.1, -0.05) is 117 Å². The van der Waals surface area contributed by atoms with Crippen molar-refractivity contribution in [3.05, 3.63) is 199 Å². The smallest absolute Gasteiger partial charge is 0.153 e. The van der Waals surface area contributed by atoms with E-state index in [0.717, 1.165) is 68.1 Å². The van der Waals surface area contributed by atoms with Gasteiger partial charge in [-0.15, -0.1) is 0 Å².